The van der Waals surface area contributed by atoms with Crippen LogP contribution in [0.25, 0.3) is 0 Å². The summed E-state index contributed by atoms with van der Waals surface area (Å²) in [4.78, 5) is 56.3. The molecule has 0 aromatic heterocycles. The summed E-state index contributed by atoms with van der Waals surface area (Å²) in [5.74, 6) is -0.988. The van der Waals surface area contributed by atoms with Gasteiger partial charge >= 0.3 is 12.2 Å². The molecular formula is C23H26F3N5O4. The zero-order chi connectivity index (χ0) is 25.5. The first-order chi connectivity index (χ1) is 16.5. The van der Waals surface area contributed by atoms with Gasteiger partial charge in [-0.15, -0.1) is 0 Å². The largest absolute Gasteiger partial charge is 0.416 e. The minimum Gasteiger partial charge on any atom is -0.339 e. The van der Waals surface area contributed by atoms with Gasteiger partial charge in [-0.1, -0.05) is 18.2 Å². The molecule has 1 aromatic carbocycles. The number of alkyl halides is 3. The van der Waals surface area contributed by atoms with Crippen molar-refractivity contribution in [3.8, 4) is 0 Å². The molecule has 12 heteroatoms. The van der Waals surface area contributed by atoms with Crippen molar-refractivity contribution in [3.63, 3.8) is 0 Å². The van der Waals surface area contributed by atoms with Gasteiger partial charge in [-0.3, -0.25) is 19.3 Å². The van der Waals surface area contributed by atoms with Gasteiger partial charge in [0.05, 0.1) is 29.4 Å². The molecule has 1 saturated heterocycles. The second-order valence-corrected chi connectivity index (χ2v) is 8.62. The molecule has 0 aliphatic carbocycles. The molecule has 3 aliphatic heterocycles. The second-order valence-electron chi connectivity index (χ2n) is 8.62. The maximum atomic E-state index is 13.7. The number of likely N-dealkylation sites (N-methyl/N-ethyl adjacent to an activating group) is 1. The minimum atomic E-state index is -4.68. The third kappa shape index (κ3) is 4.56. The molecule has 0 radical (unpaired) electrons. The van der Waals surface area contributed by atoms with Crippen molar-refractivity contribution < 1.29 is 32.3 Å². The monoisotopic (exact) mass is 493 g/mol. The zero-order valence-corrected chi connectivity index (χ0v) is 19.4. The Balaban J connectivity index is 1.59. The predicted molar refractivity (Wildman–Crippen MR) is 118 cm³/mol. The number of hydrogen-bond donors (Lipinski definition) is 1. The number of nitrogens with zero attached hydrogens (tertiary/aromatic N) is 4. The summed E-state index contributed by atoms with van der Waals surface area (Å²) in [6.07, 6.45) is -4.68. The number of nitrogens with one attached hydrogen (secondary N) is 1. The van der Waals surface area contributed by atoms with Crippen molar-refractivity contribution in [3.05, 3.63) is 46.7 Å². The van der Waals surface area contributed by atoms with Crippen LogP contribution in [0.2, 0.25) is 0 Å². The van der Waals surface area contributed by atoms with Crippen LogP contribution >= 0.6 is 0 Å². The molecule has 9 nitrogen and oxygen atoms in total. The van der Waals surface area contributed by atoms with Gasteiger partial charge in [0.25, 0.3) is 5.91 Å². The Labute approximate surface area is 200 Å². The highest BCUT2D eigenvalue weighted by Crippen LogP contribution is 2.41. The molecule has 3 heterocycles. The molecule has 3 aliphatic rings. The molecule has 4 rings (SSSR count). The van der Waals surface area contributed by atoms with E-state index in [1.54, 1.807) is 16.7 Å². The lowest BCUT2D eigenvalue weighted by Crippen LogP contribution is -2.52. The van der Waals surface area contributed by atoms with Crippen LogP contribution in [-0.4, -0.2) is 89.2 Å². The van der Waals surface area contributed by atoms with Crippen molar-refractivity contribution in [2.45, 2.75) is 26.1 Å². The van der Waals surface area contributed by atoms with Gasteiger partial charge in [-0.05, 0) is 18.6 Å². The molecule has 1 aromatic rings. The molecule has 35 heavy (non-hydrogen) atoms. The summed E-state index contributed by atoms with van der Waals surface area (Å²) in [5, 5.41) is 2.55. The number of halogens is 3. The van der Waals surface area contributed by atoms with Gasteiger partial charge in [0.1, 0.15) is 6.54 Å². The topological polar surface area (TPSA) is 93.3 Å². The molecule has 1 fully saturated rings. The number of piperazine rings is 1. The van der Waals surface area contributed by atoms with Crippen LogP contribution in [0.3, 0.4) is 0 Å². The fourth-order valence-corrected chi connectivity index (χ4v) is 4.78. The van der Waals surface area contributed by atoms with E-state index in [2.05, 4.69) is 5.32 Å². The van der Waals surface area contributed by atoms with E-state index in [0.717, 1.165) is 6.07 Å². The molecule has 0 saturated carbocycles. The molecule has 188 valence electrons. The van der Waals surface area contributed by atoms with Crippen LogP contribution < -0.4 is 5.32 Å². The minimum absolute atomic E-state index is 0.0392. The van der Waals surface area contributed by atoms with E-state index < -0.39 is 29.7 Å². The summed E-state index contributed by atoms with van der Waals surface area (Å²) in [6.45, 7) is 4.47. The lowest BCUT2D eigenvalue weighted by molar-refractivity contribution is -0.141. The van der Waals surface area contributed by atoms with Crippen LogP contribution in [0, 0.1) is 0 Å². The van der Waals surface area contributed by atoms with Gasteiger partial charge in [0.15, 0.2) is 0 Å². The standard InChI is InChI=1S/C23H26F3N5O4/c1-3-31-17-12-30(13-18(33)29-10-8-28(9-11-29)14(2)32)21(34)19(17)20(27-22(31)35)15-6-4-5-7-16(15)23(24,25)26/h4-7,20H,3,8-13H2,1-2H3,(H,27,35)/t20-/m1/s1. The Hall–Kier alpha value is -3.57. The summed E-state index contributed by atoms with van der Waals surface area (Å²) < 4.78 is 41.1. The molecule has 1 N–H and O–H groups in total. The van der Waals surface area contributed by atoms with Crippen LogP contribution in [0.15, 0.2) is 35.5 Å². The average molecular weight is 493 g/mol. The first kappa shape index (κ1) is 24.6. The first-order valence-electron chi connectivity index (χ1n) is 11.3. The number of amides is 5. The van der Waals surface area contributed by atoms with Crippen molar-refractivity contribution in [1.82, 2.24) is 24.9 Å². The number of carbonyl (C=O) groups is 4. The van der Waals surface area contributed by atoms with E-state index in [1.807, 2.05) is 0 Å². The van der Waals surface area contributed by atoms with Gasteiger partial charge in [0, 0.05) is 39.6 Å². The van der Waals surface area contributed by atoms with E-state index >= 15 is 0 Å². The summed E-state index contributed by atoms with van der Waals surface area (Å²) >= 11 is 0. The van der Waals surface area contributed by atoms with Gasteiger partial charge in [-0.25, -0.2) is 4.79 Å². The fourth-order valence-electron chi connectivity index (χ4n) is 4.78. The van der Waals surface area contributed by atoms with Crippen molar-refractivity contribution in [2.75, 3.05) is 45.8 Å². The Kier molecular flexibility index (Phi) is 6.48. The molecule has 0 bridgehead atoms. The maximum Gasteiger partial charge on any atom is 0.416 e. The van der Waals surface area contributed by atoms with Crippen molar-refractivity contribution in [1.29, 1.82) is 0 Å². The van der Waals surface area contributed by atoms with Crippen LogP contribution in [0.4, 0.5) is 18.0 Å². The third-order valence-electron chi connectivity index (χ3n) is 6.59. The van der Waals surface area contributed by atoms with Crippen LogP contribution in [0.5, 0.6) is 0 Å². The quantitative estimate of drug-likeness (QED) is 0.690. The summed E-state index contributed by atoms with van der Waals surface area (Å²) in [6, 6.07) is 2.94. The van der Waals surface area contributed by atoms with E-state index in [0.29, 0.717) is 31.9 Å². The van der Waals surface area contributed by atoms with Crippen LogP contribution in [0.1, 0.15) is 31.0 Å². The summed E-state index contributed by atoms with van der Waals surface area (Å²) in [5.41, 5.74) is -0.818. The normalized spacial score (nSPS) is 20.9. The number of benzene rings is 1. The lowest BCUT2D eigenvalue weighted by atomic mass is 9.91. The SMILES string of the molecule is CCN1C(=O)N[C@H](c2ccccc2C(F)(F)F)C2=C1CN(CC(=O)N1CCN(C(C)=O)CC1)C2=O. The summed E-state index contributed by atoms with van der Waals surface area (Å²) in [7, 11) is 0. The van der Waals surface area contributed by atoms with E-state index in [9.17, 15) is 32.3 Å². The second kappa shape index (κ2) is 9.23. The highest BCUT2D eigenvalue weighted by atomic mass is 19.4. The van der Waals surface area contributed by atoms with Gasteiger partial charge < -0.3 is 20.0 Å². The highest BCUT2D eigenvalue weighted by molar-refractivity contribution is 6.03. The average Bonchev–Trinajstić information content (AvgIpc) is 3.13. The van der Waals surface area contributed by atoms with Gasteiger partial charge in [-0.2, -0.15) is 13.2 Å². The van der Waals surface area contributed by atoms with E-state index in [-0.39, 0.29) is 42.6 Å². The number of urea groups is 1. The first-order valence-corrected chi connectivity index (χ1v) is 11.3. The predicted octanol–water partition coefficient (Wildman–Crippen LogP) is 1.58. The zero-order valence-electron chi connectivity index (χ0n) is 19.4. The van der Waals surface area contributed by atoms with E-state index in [4.69, 9.17) is 0 Å². The molecule has 0 unspecified atom stereocenters. The Morgan fingerprint density at radius 2 is 1.69 bits per heavy atom. The Morgan fingerprint density at radius 1 is 1.06 bits per heavy atom. The lowest BCUT2D eigenvalue weighted by Gasteiger charge is -2.35. The number of carbonyl (C=O) groups excluding carboxylic acids is 4. The van der Waals surface area contributed by atoms with E-state index in [1.165, 1.54) is 34.9 Å². The smallest absolute Gasteiger partial charge is 0.339 e. The Morgan fingerprint density at radius 3 is 2.29 bits per heavy atom. The third-order valence-corrected chi connectivity index (χ3v) is 6.59. The molecule has 0 spiro atoms. The van der Waals surface area contributed by atoms with Gasteiger partial charge in [0.2, 0.25) is 11.8 Å². The molecular weight excluding hydrogens is 467 g/mol. The highest BCUT2D eigenvalue weighted by Gasteiger charge is 2.46. The Bertz CT molecular complexity index is 1090. The number of rotatable bonds is 4. The number of hydrogen-bond acceptors (Lipinski definition) is 4. The fraction of sp³-hybridized carbons (Fsp3) is 0.478. The maximum absolute atomic E-state index is 13.7. The van der Waals surface area contributed by atoms with Crippen molar-refractivity contribution >= 4 is 23.8 Å². The molecule has 1 atom stereocenters. The van der Waals surface area contributed by atoms with Crippen molar-refractivity contribution in [2.24, 2.45) is 0 Å². The molecule has 5 amide bonds. The van der Waals surface area contributed by atoms with Crippen LogP contribution in [-0.2, 0) is 20.6 Å².